The highest BCUT2D eigenvalue weighted by atomic mass is 19.4. The first-order chi connectivity index (χ1) is 16.4. The number of allylic oxidation sites excluding steroid dienone is 2. The third-order valence-corrected chi connectivity index (χ3v) is 6.71. The molecule has 2 heterocycles. The van der Waals surface area contributed by atoms with Gasteiger partial charge in [0.15, 0.2) is 0 Å². The van der Waals surface area contributed by atoms with Gasteiger partial charge < -0.3 is 9.32 Å². The van der Waals surface area contributed by atoms with Crippen molar-refractivity contribution in [3.05, 3.63) is 76.4 Å². The molecule has 0 spiro atoms. The summed E-state index contributed by atoms with van der Waals surface area (Å²) in [5, 5.41) is 0.717. The lowest BCUT2D eigenvalue weighted by molar-refractivity contribution is -0.210. The Morgan fingerprint density at radius 3 is 2.54 bits per heavy atom. The van der Waals surface area contributed by atoms with Crippen LogP contribution in [0.15, 0.2) is 63.0 Å². The molecule has 0 amide bonds. The van der Waals surface area contributed by atoms with Crippen molar-refractivity contribution in [3.63, 3.8) is 0 Å². The number of aliphatic imine (C=N–C) groups is 1. The predicted octanol–water partition coefficient (Wildman–Crippen LogP) is 7.70. The Bertz CT molecular complexity index is 1490. The SMILES string of the molecule is Cc1ccc2c(oc3cc(F)cc(F)c32)c1C1=C2C=CC(CC(C)(C)C(F)(F)F)=CC2N=CN1C. The van der Waals surface area contributed by atoms with Crippen LogP contribution in [0, 0.1) is 24.0 Å². The molecule has 35 heavy (non-hydrogen) atoms. The van der Waals surface area contributed by atoms with Crippen molar-refractivity contribution in [3.8, 4) is 0 Å². The highest BCUT2D eigenvalue weighted by Gasteiger charge is 2.47. The fourth-order valence-corrected chi connectivity index (χ4v) is 4.75. The average Bonchev–Trinajstić information content (AvgIpc) is 3.12. The Morgan fingerprint density at radius 1 is 1.09 bits per heavy atom. The topological polar surface area (TPSA) is 28.7 Å². The monoisotopic (exact) mass is 486 g/mol. The lowest BCUT2D eigenvalue weighted by Crippen LogP contribution is -2.33. The second-order valence-corrected chi connectivity index (χ2v) is 9.75. The maximum Gasteiger partial charge on any atom is 0.394 e. The van der Waals surface area contributed by atoms with Gasteiger partial charge in [0, 0.05) is 35.7 Å². The molecule has 3 nitrogen and oxygen atoms in total. The van der Waals surface area contributed by atoms with Crippen molar-refractivity contribution in [1.82, 2.24) is 4.90 Å². The van der Waals surface area contributed by atoms with Gasteiger partial charge in [-0.1, -0.05) is 44.2 Å². The summed E-state index contributed by atoms with van der Waals surface area (Å²) in [6.45, 7) is 4.26. The van der Waals surface area contributed by atoms with Crippen LogP contribution < -0.4 is 0 Å². The van der Waals surface area contributed by atoms with E-state index < -0.39 is 29.3 Å². The Balaban J connectivity index is 1.67. The number of hydrogen-bond donors (Lipinski definition) is 0. The Hall–Kier alpha value is -3.42. The van der Waals surface area contributed by atoms with Crippen molar-refractivity contribution >= 4 is 34.0 Å². The van der Waals surface area contributed by atoms with Gasteiger partial charge in [-0.3, -0.25) is 4.99 Å². The summed E-state index contributed by atoms with van der Waals surface area (Å²) < 4.78 is 74.8. The molecule has 0 bridgehead atoms. The summed E-state index contributed by atoms with van der Waals surface area (Å²) in [6, 6.07) is 5.10. The molecule has 0 N–H and O–H groups in total. The van der Waals surface area contributed by atoms with Gasteiger partial charge in [0.05, 0.1) is 28.9 Å². The van der Waals surface area contributed by atoms with Gasteiger partial charge in [-0.25, -0.2) is 8.78 Å². The molecule has 0 radical (unpaired) electrons. The van der Waals surface area contributed by atoms with E-state index in [0.717, 1.165) is 29.0 Å². The molecule has 8 heteroatoms. The minimum absolute atomic E-state index is 0.106. The van der Waals surface area contributed by atoms with Gasteiger partial charge >= 0.3 is 6.18 Å². The van der Waals surface area contributed by atoms with Gasteiger partial charge in [-0.15, -0.1) is 0 Å². The zero-order valence-electron chi connectivity index (χ0n) is 19.6. The van der Waals surface area contributed by atoms with E-state index in [2.05, 4.69) is 4.99 Å². The molecule has 3 aromatic rings. The van der Waals surface area contributed by atoms with Crippen molar-refractivity contribution in [2.45, 2.75) is 39.4 Å². The number of halogens is 5. The minimum atomic E-state index is -4.33. The van der Waals surface area contributed by atoms with Crippen LogP contribution in [0.1, 0.15) is 31.4 Å². The summed E-state index contributed by atoms with van der Waals surface area (Å²) in [4.78, 5) is 6.33. The fraction of sp³-hybridized carbons (Fsp3) is 0.296. The largest absolute Gasteiger partial charge is 0.455 e. The molecule has 2 aromatic carbocycles. The van der Waals surface area contributed by atoms with Gasteiger partial charge in [-0.2, -0.15) is 13.2 Å². The van der Waals surface area contributed by atoms with Crippen LogP contribution in [-0.4, -0.2) is 30.5 Å². The Labute approximate surface area is 198 Å². The van der Waals surface area contributed by atoms with E-state index in [1.807, 2.05) is 20.0 Å². The lowest BCUT2D eigenvalue weighted by atomic mass is 9.81. The Morgan fingerprint density at radius 2 is 1.83 bits per heavy atom. The molecule has 1 aliphatic heterocycles. The second kappa shape index (κ2) is 7.80. The summed E-state index contributed by atoms with van der Waals surface area (Å²) >= 11 is 0. The van der Waals surface area contributed by atoms with Crippen molar-refractivity contribution in [2.24, 2.45) is 10.4 Å². The van der Waals surface area contributed by atoms with E-state index in [1.54, 1.807) is 35.5 Å². The van der Waals surface area contributed by atoms with Crippen LogP contribution in [0.4, 0.5) is 22.0 Å². The first-order valence-corrected chi connectivity index (χ1v) is 11.1. The molecule has 1 aliphatic carbocycles. The number of nitrogens with zero attached hydrogens (tertiary/aromatic N) is 2. The molecule has 5 rings (SSSR count). The standard InChI is InChI=1S/C27H23F5N2O/c1-14-5-7-18-23-19(29)10-16(28)11-21(23)35-25(18)22(14)24-17-8-6-15(9-20(17)33-13-34(24)4)12-26(2,3)27(30,31)32/h5-11,13,20H,12H2,1-4H3. The average molecular weight is 486 g/mol. The zero-order valence-corrected chi connectivity index (χ0v) is 19.6. The number of aryl methyl sites for hydroxylation is 1. The molecular weight excluding hydrogens is 463 g/mol. The maximum absolute atomic E-state index is 14.6. The summed E-state index contributed by atoms with van der Waals surface area (Å²) in [5.41, 5.74) is 2.27. The molecule has 1 unspecified atom stereocenters. The van der Waals surface area contributed by atoms with E-state index in [0.29, 0.717) is 22.1 Å². The summed E-state index contributed by atoms with van der Waals surface area (Å²) in [6.07, 6.45) is 2.34. The molecule has 2 aliphatic rings. The maximum atomic E-state index is 14.6. The van der Waals surface area contributed by atoms with E-state index in [-0.39, 0.29) is 17.4 Å². The van der Waals surface area contributed by atoms with Gasteiger partial charge in [0.25, 0.3) is 0 Å². The van der Waals surface area contributed by atoms with Crippen molar-refractivity contribution in [2.75, 3.05) is 7.05 Å². The summed E-state index contributed by atoms with van der Waals surface area (Å²) in [5.74, 6) is -1.44. The molecule has 0 saturated carbocycles. The van der Waals surface area contributed by atoms with Crippen molar-refractivity contribution in [1.29, 1.82) is 0 Å². The fourth-order valence-electron chi connectivity index (χ4n) is 4.75. The highest BCUT2D eigenvalue weighted by molar-refractivity contribution is 6.09. The third-order valence-electron chi connectivity index (χ3n) is 6.71. The van der Waals surface area contributed by atoms with E-state index >= 15 is 0 Å². The first kappa shape index (κ1) is 23.3. The smallest absolute Gasteiger partial charge is 0.394 e. The van der Waals surface area contributed by atoms with Gasteiger partial charge in [0.1, 0.15) is 22.8 Å². The number of rotatable bonds is 3. The molecule has 1 atom stereocenters. The third kappa shape index (κ3) is 3.75. The molecule has 0 fully saturated rings. The minimum Gasteiger partial charge on any atom is -0.455 e. The Kier molecular flexibility index (Phi) is 5.20. The number of alkyl halides is 3. The van der Waals surface area contributed by atoms with Crippen LogP contribution >= 0.6 is 0 Å². The second-order valence-electron chi connectivity index (χ2n) is 9.75. The summed E-state index contributed by atoms with van der Waals surface area (Å²) in [7, 11) is 1.81. The van der Waals surface area contributed by atoms with E-state index in [4.69, 9.17) is 4.42 Å². The lowest BCUT2D eigenvalue weighted by Gasteiger charge is -2.32. The zero-order chi connectivity index (χ0) is 25.3. The number of benzene rings is 2. The van der Waals surface area contributed by atoms with E-state index in [9.17, 15) is 22.0 Å². The predicted molar refractivity (Wildman–Crippen MR) is 127 cm³/mol. The molecular formula is C27H23F5N2O. The van der Waals surface area contributed by atoms with Crippen LogP contribution in [0.2, 0.25) is 0 Å². The highest BCUT2D eigenvalue weighted by Crippen LogP contribution is 2.45. The number of hydrogen-bond acceptors (Lipinski definition) is 3. The van der Waals surface area contributed by atoms with Crippen molar-refractivity contribution < 1.29 is 26.4 Å². The van der Waals surface area contributed by atoms with E-state index in [1.165, 1.54) is 13.8 Å². The number of furan rings is 1. The number of fused-ring (bicyclic) bond motifs is 4. The normalized spacial score (nSPS) is 18.6. The van der Waals surface area contributed by atoms with Crippen LogP contribution in [0.25, 0.3) is 27.6 Å². The first-order valence-electron chi connectivity index (χ1n) is 11.1. The van der Waals surface area contributed by atoms with Crippen LogP contribution in [-0.2, 0) is 0 Å². The molecule has 0 saturated heterocycles. The quantitative estimate of drug-likeness (QED) is 0.355. The van der Waals surface area contributed by atoms with Gasteiger partial charge in [-0.05, 0) is 24.5 Å². The molecule has 182 valence electrons. The molecule has 1 aromatic heterocycles. The van der Waals surface area contributed by atoms with Crippen LogP contribution in [0.5, 0.6) is 0 Å². The van der Waals surface area contributed by atoms with Crippen LogP contribution in [0.3, 0.4) is 0 Å². The van der Waals surface area contributed by atoms with Gasteiger partial charge in [0.2, 0.25) is 0 Å².